The minimum atomic E-state index is -0.129. The zero-order valence-electron chi connectivity index (χ0n) is 10.6. The first kappa shape index (κ1) is 12.7. The van der Waals surface area contributed by atoms with E-state index in [-0.39, 0.29) is 12.1 Å². The molecule has 0 bridgehead atoms. The number of nitrogens with two attached hydrogens (primary N) is 1. The minimum Gasteiger partial charge on any atom is -0.399 e. The predicted molar refractivity (Wildman–Crippen MR) is 71.5 cm³/mol. The molecule has 0 aromatic heterocycles. The Balaban J connectivity index is 1.84. The highest BCUT2D eigenvalue weighted by atomic mass is 16.5. The van der Waals surface area contributed by atoms with E-state index in [1.807, 2.05) is 0 Å². The molecule has 98 valence electrons. The van der Waals surface area contributed by atoms with Crippen LogP contribution >= 0.6 is 0 Å². The zero-order valence-corrected chi connectivity index (χ0v) is 10.6. The molecule has 0 radical (unpaired) electrons. The molecule has 0 saturated carbocycles. The minimum absolute atomic E-state index is 0.129. The first-order chi connectivity index (χ1) is 8.65. The summed E-state index contributed by atoms with van der Waals surface area (Å²) in [5.41, 5.74) is 7.01. The lowest BCUT2D eigenvalue weighted by atomic mass is 10.2. The molecule has 2 rings (SSSR count). The summed E-state index contributed by atoms with van der Waals surface area (Å²) in [4.78, 5) is 13.6. The van der Waals surface area contributed by atoms with Crippen molar-refractivity contribution in [3.05, 3.63) is 24.3 Å². The standard InChI is InChI=1S/C13H19N3O2/c1-16(9-12-3-2-8-18-12)13(17)15-11-6-4-10(14)5-7-11/h4-7,12H,2-3,8-9,14H2,1H3,(H,15,17). The van der Waals surface area contributed by atoms with E-state index < -0.39 is 0 Å². The highest BCUT2D eigenvalue weighted by Crippen LogP contribution is 2.14. The SMILES string of the molecule is CN(CC1CCCO1)C(=O)Nc1ccc(N)cc1. The Hall–Kier alpha value is -1.75. The van der Waals surface area contributed by atoms with Crippen LogP contribution in [0.15, 0.2) is 24.3 Å². The maximum Gasteiger partial charge on any atom is 0.321 e. The Kier molecular flexibility index (Phi) is 4.04. The maximum absolute atomic E-state index is 11.9. The lowest BCUT2D eigenvalue weighted by Gasteiger charge is -2.21. The van der Waals surface area contributed by atoms with Gasteiger partial charge in [-0.3, -0.25) is 0 Å². The third kappa shape index (κ3) is 3.37. The van der Waals surface area contributed by atoms with Crippen molar-refractivity contribution in [2.75, 3.05) is 31.2 Å². The summed E-state index contributed by atoms with van der Waals surface area (Å²) in [6.07, 6.45) is 2.28. The van der Waals surface area contributed by atoms with Gasteiger partial charge in [0.05, 0.1) is 6.10 Å². The second-order valence-corrected chi connectivity index (χ2v) is 4.57. The first-order valence-electron chi connectivity index (χ1n) is 6.14. The van der Waals surface area contributed by atoms with Crippen LogP contribution in [0.2, 0.25) is 0 Å². The molecule has 1 aromatic carbocycles. The van der Waals surface area contributed by atoms with Crippen LogP contribution in [0, 0.1) is 0 Å². The number of amides is 2. The molecule has 1 heterocycles. The van der Waals surface area contributed by atoms with E-state index >= 15 is 0 Å². The fraction of sp³-hybridized carbons (Fsp3) is 0.462. The molecule has 0 spiro atoms. The summed E-state index contributed by atoms with van der Waals surface area (Å²) in [6.45, 7) is 1.43. The summed E-state index contributed by atoms with van der Waals surface area (Å²) in [5.74, 6) is 0. The van der Waals surface area contributed by atoms with Gasteiger partial charge in [-0.05, 0) is 37.1 Å². The molecular weight excluding hydrogens is 230 g/mol. The quantitative estimate of drug-likeness (QED) is 0.804. The maximum atomic E-state index is 11.9. The van der Waals surface area contributed by atoms with Gasteiger partial charge in [0.25, 0.3) is 0 Å². The van der Waals surface area contributed by atoms with Crippen LogP contribution in [0.4, 0.5) is 16.2 Å². The molecule has 0 aliphatic carbocycles. The van der Waals surface area contributed by atoms with Gasteiger partial charge < -0.3 is 20.7 Å². The Bertz CT molecular complexity index is 399. The molecule has 1 aliphatic rings. The molecule has 2 amide bonds. The van der Waals surface area contributed by atoms with E-state index in [1.54, 1.807) is 36.2 Å². The molecular formula is C13H19N3O2. The summed E-state index contributed by atoms with van der Waals surface area (Å²) >= 11 is 0. The third-order valence-corrected chi connectivity index (χ3v) is 3.01. The number of hydrogen-bond donors (Lipinski definition) is 2. The van der Waals surface area contributed by atoms with Crippen molar-refractivity contribution in [2.24, 2.45) is 0 Å². The van der Waals surface area contributed by atoms with Crippen molar-refractivity contribution in [3.63, 3.8) is 0 Å². The Morgan fingerprint density at radius 3 is 2.83 bits per heavy atom. The van der Waals surface area contributed by atoms with Crippen molar-refractivity contribution in [3.8, 4) is 0 Å². The molecule has 3 N–H and O–H groups in total. The molecule has 1 aliphatic heterocycles. The van der Waals surface area contributed by atoms with E-state index in [4.69, 9.17) is 10.5 Å². The fourth-order valence-corrected chi connectivity index (χ4v) is 1.96. The number of carbonyl (C=O) groups is 1. The van der Waals surface area contributed by atoms with Gasteiger partial charge in [-0.25, -0.2) is 4.79 Å². The van der Waals surface area contributed by atoms with Gasteiger partial charge in [0.1, 0.15) is 0 Å². The van der Waals surface area contributed by atoms with E-state index in [1.165, 1.54) is 0 Å². The number of anilines is 2. The van der Waals surface area contributed by atoms with Crippen molar-refractivity contribution in [1.82, 2.24) is 4.90 Å². The van der Waals surface area contributed by atoms with Crippen LogP contribution in [0.1, 0.15) is 12.8 Å². The lowest BCUT2D eigenvalue weighted by molar-refractivity contribution is 0.0894. The van der Waals surface area contributed by atoms with Gasteiger partial charge in [0, 0.05) is 31.6 Å². The van der Waals surface area contributed by atoms with Gasteiger partial charge in [-0.1, -0.05) is 0 Å². The van der Waals surface area contributed by atoms with Crippen LogP contribution in [0.5, 0.6) is 0 Å². The zero-order chi connectivity index (χ0) is 13.0. The van der Waals surface area contributed by atoms with E-state index in [2.05, 4.69) is 5.32 Å². The number of nitrogens with one attached hydrogen (secondary N) is 1. The molecule has 1 atom stereocenters. The molecule has 1 saturated heterocycles. The van der Waals surface area contributed by atoms with Gasteiger partial charge in [0.15, 0.2) is 0 Å². The van der Waals surface area contributed by atoms with E-state index in [0.717, 1.165) is 25.1 Å². The average Bonchev–Trinajstić information content (AvgIpc) is 2.85. The summed E-state index contributed by atoms with van der Waals surface area (Å²) in [6, 6.07) is 6.96. The van der Waals surface area contributed by atoms with E-state index in [0.29, 0.717) is 12.2 Å². The van der Waals surface area contributed by atoms with Crippen LogP contribution in [0.25, 0.3) is 0 Å². The number of nitrogen functional groups attached to an aromatic ring is 1. The van der Waals surface area contributed by atoms with Gasteiger partial charge in [-0.2, -0.15) is 0 Å². The number of carbonyl (C=O) groups excluding carboxylic acids is 1. The molecule has 5 nitrogen and oxygen atoms in total. The summed E-state index contributed by atoms with van der Waals surface area (Å²) in [7, 11) is 1.77. The van der Waals surface area contributed by atoms with Gasteiger partial charge in [-0.15, -0.1) is 0 Å². The Morgan fingerprint density at radius 2 is 2.22 bits per heavy atom. The third-order valence-electron chi connectivity index (χ3n) is 3.01. The second-order valence-electron chi connectivity index (χ2n) is 4.57. The first-order valence-corrected chi connectivity index (χ1v) is 6.14. The monoisotopic (exact) mass is 249 g/mol. The van der Waals surface area contributed by atoms with Crippen LogP contribution in [-0.4, -0.2) is 37.2 Å². The normalized spacial score (nSPS) is 18.6. The number of benzene rings is 1. The Labute approximate surface area is 107 Å². The van der Waals surface area contributed by atoms with Crippen molar-refractivity contribution in [1.29, 1.82) is 0 Å². The van der Waals surface area contributed by atoms with Gasteiger partial charge >= 0.3 is 6.03 Å². The highest BCUT2D eigenvalue weighted by Gasteiger charge is 2.19. The predicted octanol–water partition coefficient (Wildman–Crippen LogP) is 1.91. The molecule has 18 heavy (non-hydrogen) atoms. The highest BCUT2D eigenvalue weighted by molar-refractivity contribution is 5.89. The number of hydrogen-bond acceptors (Lipinski definition) is 3. The van der Waals surface area contributed by atoms with Crippen molar-refractivity contribution < 1.29 is 9.53 Å². The number of likely N-dealkylation sites (N-methyl/N-ethyl adjacent to an activating group) is 1. The topological polar surface area (TPSA) is 67.6 Å². The molecule has 1 unspecified atom stereocenters. The van der Waals surface area contributed by atoms with E-state index in [9.17, 15) is 4.79 Å². The molecule has 1 fully saturated rings. The Morgan fingerprint density at radius 1 is 1.50 bits per heavy atom. The largest absolute Gasteiger partial charge is 0.399 e. The lowest BCUT2D eigenvalue weighted by Crippen LogP contribution is -2.37. The van der Waals surface area contributed by atoms with Crippen LogP contribution in [-0.2, 0) is 4.74 Å². The molecule has 1 aromatic rings. The number of rotatable bonds is 3. The number of ether oxygens (including phenoxy) is 1. The smallest absolute Gasteiger partial charge is 0.321 e. The van der Waals surface area contributed by atoms with Crippen LogP contribution < -0.4 is 11.1 Å². The average molecular weight is 249 g/mol. The number of urea groups is 1. The van der Waals surface area contributed by atoms with Gasteiger partial charge in [0.2, 0.25) is 0 Å². The molecule has 5 heteroatoms. The van der Waals surface area contributed by atoms with Crippen molar-refractivity contribution >= 4 is 17.4 Å². The summed E-state index contributed by atoms with van der Waals surface area (Å²) < 4.78 is 5.50. The summed E-state index contributed by atoms with van der Waals surface area (Å²) in [5, 5.41) is 2.82. The van der Waals surface area contributed by atoms with Crippen LogP contribution in [0.3, 0.4) is 0 Å². The number of nitrogens with zero attached hydrogens (tertiary/aromatic N) is 1. The second kappa shape index (κ2) is 5.73. The fourth-order valence-electron chi connectivity index (χ4n) is 1.96. The van der Waals surface area contributed by atoms with Crippen molar-refractivity contribution in [2.45, 2.75) is 18.9 Å².